The topological polar surface area (TPSA) is 71.4 Å². The van der Waals surface area contributed by atoms with Crippen LogP contribution in [0.3, 0.4) is 0 Å². The Bertz CT molecular complexity index is 359. The lowest BCUT2D eigenvalue weighted by Crippen LogP contribution is -2.05. The maximum absolute atomic E-state index is 10.7. The van der Waals surface area contributed by atoms with E-state index in [4.69, 9.17) is 0 Å². The molecule has 1 heterocycles. The third kappa shape index (κ3) is 2.35. The van der Waals surface area contributed by atoms with E-state index in [1.165, 1.54) is 6.92 Å². The highest BCUT2D eigenvalue weighted by Gasteiger charge is 2.15. The normalized spacial score (nSPS) is 10.3. The van der Waals surface area contributed by atoms with Gasteiger partial charge in [0.25, 0.3) is 0 Å². The summed E-state index contributed by atoms with van der Waals surface area (Å²) in [5, 5.41) is 6.16. The molecule has 0 spiro atoms. The van der Waals surface area contributed by atoms with E-state index < -0.39 is 0 Å². The van der Waals surface area contributed by atoms with Crippen molar-refractivity contribution in [2.24, 2.45) is 5.18 Å². The summed E-state index contributed by atoms with van der Waals surface area (Å²) in [5.41, 5.74) is 0.633. The van der Waals surface area contributed by atoms with Crippen molar-refractivity contribution in [2.45, 2.75) is 26.7 Å². The van der Waals surface area contributed by atoms with Crippen LogP contribution in [0.25, 0.3) is 0 Å². The predicted octanol–water partition coefficient (Wildman–Crippen LogP) is 2.62. The fourth-order valence-corrected chi connectivity index (χ4v) is 1.91. The van der Waals surface area contributed by atoms with Crippen molar-refractivity contribution in [1.82, 2.24) is 4.98 Å². The molecule has 1 amide bonds. The van der Waals surface area contributed by atoms with Gasteiger partial charge in [-0.3, -0.25) is 4.79 Å². The van der Waals surface area contributed by atoms with Crippen molar-refractivity contribution < 1.29 is 4.79 Å². The van der Waals surface area contributed by atoms with Crippen LogP contribution in [0.5, 0.6) is 0 Å². The Balaban J connectivity index is 3.00. The first-order valence-corrected chi connectivity index (χ1v) is 4.98. The zero-order valence-electron chi connectivity index (χ0n) is 8.20. The molecule has 0 bridgehead atoms. The highest BCUT2D eigenvalue weighted by atomic mass is 32.1. The number of carbonyl (C=O) groups is 1. The molecule has 0 aliphatic carbocycles. The van der Waals surface area contributed by atoms with Crippen LogP contribution >= 0.6 is 11.3 Å². The van der Waals surface area contributed by atoms with Gasteiger partial charge in [0.2, 0.25) is 5.91 Å². The molecule has 0 aliphatic heterocycles. The minimum atomic E-state index is -0.202. The van der Waals surface area contributed by atoms with Gasteiger partial charge in [-0.1, -0.05) is 25.2 Å². The Kier molecular flexibility index (Phi) is 3.29. The fraction of sp³-hybridized carbons (Fsp3) is 0.500. The molecule has 0 aromatic carbocycles. The van der Waals surface area contributed by atoms with E-state index in [0.29, 0.717) is 15.8 Å². The number of rotatable bonds is 3. The molecule has 5 nitrogen and oxygen atoms in total. The molecule has 0 saturated carbocycles. The first kappa shape index (κ1) is 10.8. The van der Waals surface area contributed by atoms with Crippen LogP contribution in [-0.4, -0.2) is 10.9 Å². The number of nitroso groups, excluding NO2 is 1. The van der Waals surface area contributed by atoms with Gasteiger partial charge in [-0.25, -0.2) is 4.98 Å². The van der Waals surface area contributed by atoms with Crippen LogP contribution in [0.1, 0.15) is 32.4 Å². The van der Waals surface area contributed by atoms with Crippen molar-refractivity contribution in [3.05, 3.63) is 10.6 Å². The molecule has 0 radical (unpaired) electrons. The molecule has 0 unspecified atom stereocenters. The highest BCUT2D eigenvalue weighted by molar-refractivity contribution is 7.19. The number of hydrogen-bond donors (Lipinski definition) is 1. The summed E-state index contributed by atoms with van der Waals surface area (Å²) < 4.78 is 0. The molecular weight excluding hydrogens is 202 g/mol. The summed E-state index contributed by atoms with van der Waals surface area (Å²) in [6, 6.07) is 0. The molecule has 6 heteroatoms. The number of thiazole rings is 1. The molecular formula is C8H11N3O2S. The second kappa shape index (κ2) is 4.28. The number of nitrogens with one attached hydrogen (secondary N) is 1. The number of aromatic nitrogens is 1. The van der Waals surface area contributed by atoms with Crippen molar-refractivity contribution in [2.75, 3.05) is 5.32 Å². The standard InChI is InChI=1S/C8H11N3O2S/c1-4(2)6-7(11-13)14-8(10-6)9-5(3)12/h4H,1-3H3,(H,9,10,12). The highest BCUT2D eigenvalue weighted by Crippen LogP contribution is 2.35. The van der Waals surface area contributed by atoms with Crippen LogP contribution in [-0.2, 0) is 4.79 Å². The monoisotopic (exact) mass is 213 g/mol. The van der Waals surface area contributed by atoms with Gasteiger partial charge in [0.15, 0.2) is 10.1 Å². The van der Waals surface area contributed by atoms with Gasteiger partial charge in [0.1, 0.15) is 0 Å². The van der Waals surface area contributed by atoms with Gasteiger partial charge >= 0.3 is 0 Å². The van der Waals surface area contributed by atoms with Gasteiger partial charge < -0.3 is 5.32 Å². The lowest BCUT2D eigenvalue weighted by Gasteiger charge is -1.98. The lowest BCUT2D eigenvalue weighted by molar-refractivity contribution is -0.114. The second-order valence-electron chi connectivity index (χ2n) is 3.14. The molecule has 1 aromatic rings. The molecule has 14 heavy (non-hydrogen) atoms. The van der Waals surface area contributed by atoms with Crippen LogP contribution in [0, 0.1) is 4.91 Å². The Hall–Kier alpha value is -1.30. The molecule has 0 aliphatic rings. The van der Waals surface area contributed by atoms with Gasteiger partial charge in [-0.2, -0.15) is 0 Å². The smallest absolute Gasteiger partial charge is 0.223 e. The molecule has 0 fully saturated rings. The lowest BCUT2D eigenvalue weighted by atomic mass is 10.1. The van der Waals surface area contributed by atoms with E-state index in [-0.39, 0.29) is 11.8 Å². The number of carbonyl (C=O) groups excluding carboxylic acids is 1. The zero-order chi connectivity index (χ0) is 10.7. The van der Waals surface area contributed by atoms with Gasteiger partial charge in [-0.15, -0.1) is 4.91 Å². The molecule has 1 rings (SSSR count). The van der Waals surface area contributed by atoms with Crippen molar-refractivity contribution >= 4 is 27.4 Å². The summed E-state index contributed by atoms with van der Waals surface area (Å²) in [4.78, 5) is 25.3. The largest absolute Gasteiger partial charge is 0.302 e. The van der Waals surface area contributed by atoms with Crippen LogP contribution < -0.4 is 5.32 Å². The van der Waals surface area contributed by atoms with E-state index in [1.54, 1.807) is 0 Å². The number of amides is 1. The van der Waals surface area contributed by atoms with E-state index >= 15 is 0 Å². The molecule has 1 aromatic heterocycles. The number of anilines is 1. The van der Waals surface area contributed by atoms with Gasteiger partial charge in [0.05, 0.1) is 5.69 Å². The van der Waals surface area contributed by atoms with E-state index in [1.807, 2.05) is 13.8 Å². The van der Waals surface area contributed by atoms with Gasteiger partial charge in [-0.05, 0) is 11.1 Å². The second-order valence-corrected chi connectivity index (χ2v) is 4.11. The maximum atomic E-state index is 10.7. The van der Waals surface area contributed by atoms with Gasteiger partial charge in [0, 0.05) is 6.92 Å². The Labute approximate surface area is 85.5 Å². The number of nitrogens with zero attached hydrogens (tertiary/aromatic N) is 2. The average molecular weight is 213 g/mol. The Morgan fingerprint density at radius 2 is 2.21 bits per heavy atom. The van der Waals surface area contributed by atoms with Crippen LogP contribution in [0.2, 0.25) is 0 Å². The first-order valence-electron chi connectivity index (χ1n) is 4.16. The Morgan fingerprint density at radius 1 is 1.57 bits per heavy atom. The molecule has 76 valence electrons. The maximum Gasteiger partial charge on any atom is 0.223 e. The van der Waals surface area contributed by atoms with Crippen molar-refractivity contribution in [3.63, 3.8) is 0 Å². The molecule has 0 saturated heterocycles. The summed E-state index contributed by atoms with van der Waals surface area (Å²) in [6.07, 6.45) is 0. The third-order valence-corrected chi connectivity index (χ3v) is 2.41. The van der Waals surface area contributed by atoms with Crippen molar-refractivity contribution in [3.8, 4) is 0 Å². The number of hydrogen-bond acceptors (Lipinski definition) is 5. The SMILES string of the molecule is CC(=O)Nc1nc(C(C)C)c(N=O)s1. The minimum Gasteiger partial charge on any atom is -0.302 e. The zero-order valence-corrected chi connectivity index (χ0v) is 9.01. The minimum absolute atomic E-state index is 0.126. The fourth-order valence-electron chi connectivity index (χ4n) is 0.969. The quantitative estimate of drug-likeness (QED) is 0.784. The molecule has 0 atom stereocenters. The summed E-state index contributed by atoms with van der Waals surface area (Å²) in [7, 11) is 0. The average Bonchev–Trinajstić information content (AvgIpc) is 2.46. The molecule has 1 N–H and O–H groups in total. The third-order valence-electron chi connectivity index (χ3n) is 1.55. The van der Waals surface area contributed by atoms with E-state index in [9.17, 15) is 9.70 Å². The Morgan fingerprint density at radius 3 is 2.57 bits per heavy atom. The summed E-state index contributed by atoms with van der Waals surface area (Å²) in [6.45, 7) is 5.23. The van der Waals surface area contributed by atoms with Crippen LogP contribution in [0.15, 0.2) is 5.18 Å². The van der Waals surface area contributed by atoms with Crippen molar-refractivity contribution in [1.29, 1.82) is 0 Å². The predicted molar refractivity (Wildman–Crippen MR) is 56.0 cm³/mol. The summed E-state index contributed by atoms with van der Waals surface area (Å²) >= 11 is 1.09. The van der Waals surface area contributed by atoms with Crippen LogP contribution in [0.4, 0.5) is 10.1 Å². The van der Waals surface area contributed by atoms with E-state index in [2.05, 4.69) is 15.5 Å². The summed E-state index contributed by atoms with van der Waals surface area (Å²) in [5.74, 6) is -0.0760. The van der Waals surface area contributed by atoms with E-state index in [0.717, 1.165) is 11.3 Å². The first-order chi connectivity index (χ1) is 6.54.